The lowest BCUT2D eigenvalue weighted by molar-refractivity contribution is -0.122. The lowest BCUT2D eigenvalue weighted by Crippen LogP contribution is -2.38. The lowest BCUT2D eigenvalue weighted by Gasteiger charge is -2.34. The van der Waals surface area contributed by atoms with Crippen LogP contribution in [0.2, 0.25) is 0 Å². The van der Waals surface area contributed by atoms with Crippen molar-refractivity contribution in [3.05, 3.63) is 82.6 Å². The maximum absolute atomic E-state index is 13.0. The van der Waals surface area contributed by atoms with Crippen molar-refractivity contribution < 1.29 is 9.59 Å². The summed E-state index contributed by atoms with van der Waals surface area (Å²) < 4.78 is 0. The molecule has 1 heterocycles. The fraction of sp³-hybridized carbons (Fsp3) is 0.273. The van der Waals surface area contributed by atoms with E-state index in [2.05, 4.69) is 17.4 Å². The molecular weight excluding hydrogens is 310 g/mol. The maximum atomic E-state index is 13.0. The van der Waals surface area contributed by atoms with Gasteiger partial charge in [-0.05, 0) is 30.4 Å². The number of carbonyl (C=O) groups excluding carboxylic acids is 2. The first-order chi connectivity index (χ1) is 12.1. The Morgan fingerprint density at radius 1 is 0.840 bits per heavy atom. The van der Waals surface area contributed by atoms with Gasteiger partial charge < -0.3 is 5.32 Å². The molecule has 1 aliphatic carbocycles. The van der Waals surface area contributed by atoms with Crippen molar-refractivity contribution in [3.8, 4) is 0 Å². The molecule has 0 aromatic heterocycles. The molecule has 1 aliphatic heterocycles. The van der Waals surface area contributed by atoms with Gasteiger partial charge in [-0.1, -0.05) is 60.2 Å². The molecule has 0 radical (unpaired) electrons. The van der Waals surface area contributed by atoms with E-state index in [-0.39, 0.29) is 23.5 Å². The molecule has 0 fully saturated rings. The van der Waals surface area contributed by atoms with Gasteiger partial charge in [-0.15, -0.1) is 0 Å². The van der Waals surface area contributed by atoms with Crippen LogP contribution in [0.4, 0.5) is 0 Å². The Morgan fingerprint density at radius 3 is 2.28 bits per heavy atom. The van der Waals surface area contributed by atoms with Crippen LogP contribution in [0.15, 0.2) is 65.9 Å². The largest absolute Gasteiger partial charge is 0.329 e. The minimum Gasteiger partial charge on any atom is -0.329 e. The van der Waals surface area contributed by atoms with E-state index >= 15 is 0 Å². The van der Waals surface area contributed by atoms with E-state index in [0.29, 0.717) is 12.8 Å². The molecule has 25 heavy (non-hydrogen) atoms. The second kappa shape index (κ2) is 6.32. The molecule has 0 saturated heterocycles. The van der Waals surface area contributed by atoms with E-state index in [1.165, 1.54) is 5.56 Å². The summed E-state index contributed by atoms with van der Waals surface area (Å²) in [6.45, 7) is 2.04. The fourth-order valence-electron chi connectivity index (χ4n) is 4.00. The van der Waals surface area contributed by atoms with Crippen LogP contribution in [0.1, 0.15) is 47.8 Å². The number of rotatable bonds is 2. The fourth-order valence-corrected chi connectivity index (χ4v) is 4.00. The topological polar surface area (TPSA) is 46.2 Å². The highest BCUT2D eigenvalue weighted by Crippen LogP contribution is 2.42. The van der Waals surface area contributed by atoms with Gasteiger partial charge in [0.2, 0.25) is 5.91 Å². The van der Waals surface area contributed by atoms with Crippen molar-refractivity contribution in [1.82, 2.24) is 5.32 Å². The first-order valence-electron chi connectivity index (χ1n) is 8.79. The van der Waals surface area contributed by atoms with E-state index in [9.17, 15) is 9.59 Å². The van der Waals surface area contributed by atoms with Gasteiger partial charge in [0.15, 0.2) is 5.78 Å². The third-order valence-electron chi connectivity index (χ3n) is 5.29. The number of carbonyl (C=O) groups is 2. The van der Waals surface area contributed by atoms with Crippen LogP contribution < -0.4 is 5.32 Å². The first-order valence-corrected chi connectivity index (χ1v) is 8.79. The van der Waals surface area contributed by atoms with E-state index in [0.717, 1.165) is 28.8 Å². The molecular formula is C22H21NO2. The molecule has 2 aliphatic rings. The summed E-state index contributed by atoms with van der Waals surface area (Å²) in [4.78, 5) is 25.2. The highest BCUT2D eigenvalue weighted by Gasteiger charge is 2.38. The van der Waals surface area contributed by atoms with Crippen molar-refractivity contribution in [2.75, 3.05) is 0 Å². The number of aryl methyl sites for hydroxylation is 1. The van der Waals surface area contributed by atoms with Crippen LogP contribution in [0, 0.1) is 6.92 Å². The zero-order valence-electron chi connectivity index (χ0n) is 14.3. The molecule has 0 bridgehead atoms. The van der Waals surface area contributed by atoms with Gasteiger partial charge in [-0.25, -0.2) is 0 Å². The number of hydrogen-bond acceptors (Lipinski definition) is 2. The SMILES string of the molecule is Cc1ccc(C2CC(=O)NC3=C2C(=O)CC(c2ccccc2)C3)cc1. The molecule has 0 saturated carbocycles. The minimum atomic E-state index is -0.117. The van der Waals surface area contributed by atoms with Crippen LogP contribution in [-0.2, 0) is 9.59 Å². The third-order valence-corrected chi connectivity index (χ3v) is 5.29. The Balaban J connectivity index is 1.71. The Labute approximate surface area is 147 Å². The first kappa shape index (κ1) is 15.8. The van der Waals surface area contributed by atoms with Gasteiger partial charge in [0.05, 0.1) is 0 Å². The second-order valence-electron chi connectivity index (χ2n) is 7.05. The Hall–Kier alpha value is -2.68. The number of benzene rings is 2. The smallest absolute Gasteiger partial charge is 0.225 e. The summed E-state index contributed by atoms with van der Waals surface area (Å²) in [5, 5.41) is 2.98. The molecule has 1 amide bonds. The minimum absolute atomic E-state index is 0.00540. The number of nitrogens with one attached hydrogen (secondary N) is 1. The molecule has 0 spiro atoms. The van der Waals surface area contributed by atoms with Gasteiger partial charge in [-0.3, -0.25) is 9.59 Å². The normalized spacial score (nSPS) is 23.2. The average Bonchev–Trinajstić information content (AvgIpc) is 2.62. The van der Waals surface area contributed by atoms with Crippen molar-refractivity contribution in [2.24, 2.45) is 0 Å². The van der Waals surface area contributed by atoms with E-state index in [1.54, 1.807) is 0 Å². The monoisotopic (exact) mass is 331 g/mol. The predicted molar refractivity (Wildman–Crippen MR) is 97.1 cm³/mol. The summed E-state index contributed by atoms with van der Waals surface area (Å²) in [5.41, 5.74) is 5.04. The molecule has 2 atom stereocenters. The quantitative estimate of drug-likeness (QED) is 0.904. The number of amides is 1. The average molecular weight is 331 g/mol. The summed E-state index contributed by atoms with van der Waals surface area (Å²) in [5.74, 6) is 0.199. The number of allylic oxidation sites excluding steroid dienone is 2. The Kier molecular flexibility index (Phi) is 4.00. The van der Waals surface area contributed by atoms with E-state index in [4.69, 9.17) is 0 Å². The zero-order chi connectivity index (χ0) is 17.4. The standard InChI is InChI=1S/C22H21NO2/c1-14-7-9-16(10-8-14)18-13-21(25)23-19-11-17(12-20(24)22(18)19)15-5-3-2-4-6-15/h2-10,17-18H,11-13H2,1H3,(H,23,25). The molecule has 2 aromatic carbocycles. The summed E-state index contributed by atoms with van der Waals surface area (Å²) in [6.07, 6.45) is 1.59. The molecule has 4 rings (SSSR count). The van der Waals surface area contributed by atoms with Crippen LogP contribution in [0.3, 0.4) is 0 Å². The highest BCUT2D eigenvalue weighted by atomic mass is 16.2. The van der Waals surface area contributed by atoms with Gasteiger partial charge in [0.25, 0.3) is 0 Å². The van der Waals surface area contributed by atoms with Crippen LogP contribution in [0.5, 0.6) is 0 Å². The van der Waals surface area contributed by atoms with Gasteiger partial charge in [-0.2, -0.15) is 0 Å². The van der Waals surface area contributed by atoms with Crippen molar-refractivity contribution in [1.29, 1.82) is 0 Å². The molecule has 3 nitrogen and oxygen atoms in total. The molecule has 1 N–H and O–H groups in total. The zero-order valence-corrected chi connectivity index (χ0v) is 14.3. The van der Waals surface area contributed by atoms with E-state index < -0.39 is 0 Å². The van der Waals surface area contributed by atoms with Gasteiger partial charge in [0.1, 0.15) is 0 Å². The van der Waals surface area contributed by atoms with Crippen LogP contribution in [-0.4, -0.2) is 11.7 Å². The molecule has 126 valence electrons. The van der Waals surface area contributed by atoms with Gasteiger partial charge >= 0.3 is 0 Å². The van der Waals surface area contributed by atoms with Crippen molar-refractivity contribution in [2.45, 2.75) is 38.0 Å². The predicted octanol–water partition coefficient (Wildman–Crippen LogP) is 4.00. The second-order valence-corrected chi connectivity index (χ2v) is 7.05. The maximum Gasteiger partial charge on any atom is 0.225 e. The Morgan fingerprint density at radius 2 is 1.56 bits per heavy atom. The number of hydrogen-bond donors (Lipinski definition) is 1. The van der Waals surface area contributed by atoms with Crippen LogP contribution in [0.25, 0.3) is 0 Å². The number of ketones is 1. The third kappa shape index (κ3) is 3.02. The summed E-state index contributed by atoms with van der Waals surface area (Å²) in [6, 6.07) is 18.3. The molecule has 3 heteroatoms. The van der Waals surface area contributed by atoms with Crippen LogP contribution >= 0.6 is 0 Å². The lowest BCUT2D eigenvalue weighted by atomic mass is 9.73. The molecule has 2 aromatic rings. The Bertz CT molecular complexity index is 849. The molecule has 2 unspecified atom stereocenters. The summed E-state index contributed by atoms with van der Waals surface area (Å²) >= 11 is 0. The number of Topliss-reactive ketones (excluding diaryl/α,β-unsaturated/α-hetero) is 1. The van der Waals surface area contributed by atoms with Gasteiger partial charge in [0, 0.05) is 30.0 Å². The summed E-state index contributed by atoms with van der Waals surface area (Å²) in [7, 11) is 0. The van der Waals surface area contributed by atoms with E-state index in [1.807, 2.05) is 49.4 Å². The van der Waals surface area contributed by atoms with Crippen molar-refractivity contribution in [3.63, 3.8) is 0 Å². The highest BCUT2D eigenvalue weighted by molar-refractivity contribution is 6.02. The van der Waals surface area contributed by atoms with Crippen molar-refractivity contribution >= 4 is 11.7 Å².